The summed E-state index contributed by atoms with van der Waals surface area (Å²) in [5.74, 6) is 0.786. The second-order valence-corrected chi connectivity index (χ2v) is 8.05. The maximum atomic E-state index is 12.3. The molecule has 1 aromatic rings. The lowest BCUT2D eigenvalue weighted by Gasteiger charge is -2.33. The van der Waals surface area contributed by atoms with Gasteiger partial charge in [0.1, 0.15) is 11.5 Å². The van der Waals surface area contributed by atoms with E-state index in [-0.39, 0.29) is 24.8 Å². The molecule has 0 aliphatic carbocycles. The predicted molar refractivity (Wildman–Crippen MR) is 99.0 cm³/mol. The van der Waals surface area contributed by atoms with Crippen molar-refractivity contribution in [2.45, 2.75) is 6.92 Å². The Morgan fingerprint density at radius 1 is 1.12 bits per heavy atom. The van der Waals surface area contributed by atoms with Crippen LogP contribution in [0.1, 0.15) is 6.92 Å². The van der Waals surface area contributed by atoms with Crippen molar-refractivity contribution in [1.29, 1.82) is 0 Å². The van der Waals surface area contributed by atoms with Gasteiger partial charge in [-0.05, 0) is 30.8 Å². The van der Waals surface area contributed by atoms with Gasteiger partial charge in [-0.15, -0.1) is 0 Å². The van der Waals surface area contributed by atoms with Gasteiger partial charge >= 0.3 is 0 Å². The fraction of sp³-hybridized carbons (Fsp3) is 0.588. The number of carbonyl (C=O) groups excluding carboxylic acids is 1. The molecule has 8 nitrogen and oxygen atoms in total. The quantitative estimate of drug-likeness (QED) is 0.651. The number of benzene rings is 1. The topological polar surface area (TPSA) is 88.2 Å². The van der Waals surface area contributed by atoms with E-state index in [0.29, 0.717) is 24.6 Å². The van der Waals surface area contributed by atoms with E-state index < -0.39 is 10.0 Å². The number of likely N-dealkylation sites (N-methyl/N-ethyl adjacent to an activating group) is 1. The fourth-order valence-electron chi connectivity index (χ4n) is 2.64. The maximum Gasteiger partial charge on any atom is 0.257 e. The molecule has 1 heterocycles. The summed E-state index contributed by atoms with van der Waals surface area (Å²) >= 11 is 0. The monoisotopic (exact) mass is 385 g/mol. The predicted octanol–water partition coefficient (Wildman–Crippen LogP) is 0.158. The summed E-state index contributed by atoms with van der Waals surface area (Å²) in [6, 6.07) is 6.87. The van der Waals surface area contributed by atoms with Crippen molar-refractivity contribution >= 4 is 15.9 Å². The molecule has 1 N–H and O–H groups in total. The van der Waals surface area contributed by atoms with E-state index in [9.17, 15) is 13.2 Å². The number of methoxy groups -OCH3 is 1. The Bertz CT molecular complexity index is 670. The van der Waals surface area contributed by atoms with Crippen molar-refractivity contribution in [3.8, 4) is 11.5 Å². The third-order valence-corrected chi connectivity index (χ3v) is 6.16. The Morgan fingerprint density at radius 3 is 2.31 bits per heavy atom. The molecule has 0 bridgehead atoms. The maximum absolute atomic E-state index is 12.3. The average Bonchev–Trinajstić information content (AvgIpc) is 2.66. The summed E-state index contributed by atoms with van der Waals surface area (Å²) in [5.41, 5.74) is 0. The van der Waals surface area contributed by atoms with Gasteiger partial charge in [0, 0.05) is 32.7 Å². The number of hydrogen-bond acceptors (Lipinski definition) is 6. The molecular formula is C17H27N3O5S. The molecule has 0 aromatic heterocycles. The van der Waals surface area contributed by atoms with Crippen LogP contribution < -0.4 is 14.8 Å². The van der Waals surface area contributed by atoms with Crippen LogP contribution in [0.25, 0.3) is 0 Å². The molecule has 146 valence electrons. The minimum absolute atomic E-state index is 0.0706. The lowest BCUT2D eigenvalue weighted by Crippen LogP contribution is -2.50. The summed E-state index contributed by atoms with van der Waals surface area (Å²) in [7, 11) is -1.78. The zero-order valence-corrected chi connectivity index (χ0v) is 16.1. The van der Waals surface area contributed by atoms with Crippen molar-refractivity contribution in [3.63, 3.8) is 0 Å². The number of carbonyl (C=O) groups is 1. The van der Waals surface area contributed by atoms with Crippen molar-refractivity contribution in [3.05, 3.63) is 24.3 Å². The van der Waals surface area contributed by atoms with Crippen molar-refractivity contribution in [1.82, 2.24) is 14.5 Å². The first kappa shape index (κ1) is 20.5. The lowest BCUT2D eigenvalue weighted by atomic mass is 10.3. The van der Waals surface area contributed by atoms with Gasteiger partial charge in [0.05, 0.1) is 12.9 Å². The summed E-state index contributed by atoms with van der Waals surface area (Å²) in [6.45, 7) is 5.40. The highest BCUT2D eigenvalue weighted by molar-refractivity contribution is 7.89. The molecule has 1 aliphatic rings. The highest BCUT2D eigenvalue weighted by Gasteiger charge is 2.26. The Morgan fingerprint density at radius 2 is 1.73 bits per heavy atom. The van der Waals surface area contributed by atoms with Crippen LogP contribution in [0, 0.1) is 0 Å². The molecule has 0 saturated carbocycles. The van der Waals surface area contributed by atoms with E-state index in [1.807, 2.05) is 0 Å². The first-order valence-corrected chi connectivity index (χ1v) is 10.3. The number of rotatable bonds is 9. The van der Waals surface area contributed by atoms with Gasteiger partial charge in [0.15, 0.2) is 6.61 Å². The van der Waals surface area contributed by atoms with Crippen LogP contribution in [0.4, 0.5) is 0 Å². The van der Waals surface area contributed by atoms with Crippen LogP contribution in [-0.4, -0.2) is 82.3 Å². The van der Waals surface area contributed by atoms with Gasteiger partial charge in [0.25, 0.3) is 5.91 Å². The Balaban J connectivity index is 1.68. The Kier molecular flexibility index (Phi) is 7.67. The molecule has 0 atom stereocenters. The molecule has 1 amide bonds. The molecule has 1 aromatic carbocycles. The molecule has 2 rings (SSSR count). The van der Waals surface area contributed by atoms with Crippen LogP contribution in [-0.2, 0) is 14.8 Å². The third kappa shape index (κ3) is 6.15. The molecular weight excluding hydrogens is 358 g/mol. The normalized spacial score (nSPS) is 16.2. The smallest absolute Gasteiger partial charge is 0.257 e. The lowest BCUT2D eigenvalue weighted by molar-refractivity contribution is -0.122. The standard InChI is InChI=1S/C17H27N3O5S/c1-3-19-9-11-20(12-10-19)26(22,23)13-8-18-17(21)14-25-16-6-4-15(24-2)5-7-16/h4-7H,3,8-14H2,1-2H3,(H,18,21). The molecule has 1 saturated heterocycles. The zero-order valence-electron chi connectivity index (χ0n) is 15.3. The van der Waals surface area contributed by atoms with Gasteiger partial charge in [-0.3, -0.25) is 4.79 Å². The number of nitrogens with one attached hydrogen (secondary N) is 1. The largest absolute Gasteiger partial charge is 0.497 e. The van der Waals surface area contributed by atoms with Crippen molar-refractivity contribution < 1.29 is 22.7 Å². The summed E-state index contributed by atoms with van der Waals surface area (Å²) in [4.78, 5) is 14.0. The first-order chi connectivity index (χ1) is 12.4. The molecule has 0 radical (unpaired) electrons. The van der Waals surface area contributed by atoms with E-state index in [0.717, 1.165) is 19.6 Å². The van der Waals surface area contributed by atoms with Gasteiger partial charge in [-0.2, -0.15) is 4.31 Å². The van der Waals surface area contributed by atoms with E-state index >= 15 is 0 Å². The van der Waals surface area contributed by atoms with E-state index in [4.69, 9.17) is 9.47 Å². The van der Waals surface area contributed by atoms with Crippen LogP contribution in [0.3, 0.4) is 0 Å². The van der Waals surface area contributed by atoms with E-state index in [1.165, 1.54) is 4.31 Å². The van der Waals surface area contributed by atoms with E-state index in [2.05, 4.69) is 17.1 Å². The number of ether oxygens (including phenoxy) is 2. The second kappa shape index (κ2) is 9.75. The molecule has 26 heavy (non-hydrogen) atoms. The van der Waals surface area contributed by atoms with Crippen LogP contribution >= 0.6 is 0 Å². The minimum atomic E-state index is -3.35. The summed E-state index contributed by atoms with van der Waals surface area (Å²) in [6.07, 6.45) is 0. The molecule has 0 spiro atoms. The zero-order chi connectivity index (χ0) is 19.0. The molecule has 0 unspecified atom stereocenters. The summed E-state index contributed by atoms with van der Waals surface area (Å²) in [5, 5.41) is 2.59. The Labute approximate surface area is 155 Å². The average molecular weight is 385 g/mol. The van der Waals surface area contributed by atoms with Crippen LogP contribution in [0.15, 0.2) is 24.3 Å². The van der Waals surface area contributed by atoms with Crippen LogP contribution in [0.2, 0.25) is 0 Å². The number of hydrogen-bond donors (Lipinski definition) is 1. The number of nitrogens with zero attached hydrogens (tertiary/aromatic N) is 2. The van der Waals surface area contributed by atoms with Crippen molar-refractivity contribution in [2.75, 3.05) is 58.7 Å². The van der Waals surface area contributed by atoms with Gasteiger partial charge < -0.3 is 19.7 Å². The highest BCUT2D eigenvalue weighted by atomic mass is 32.2. The first-order valence-electron chi connectivity index (χ1n) is 8.68. The number of piperazine rings is 1. The second-order valence-electron chi connectivity index (χ2n) is 5.96. The fourth-order valence-corrected chi connectivity index (χ4v) is 3.98. The highest BCUT2D eigenvalue weighted by Crippen LogP contribution is 2.16. The third-order valence-electron chi connectivity index (χ3n) is 4.28. The van der Waals surface area contributed by atoms with Gasteiger partial charge in [-0.1, -0.05) is 6.92 Å². The van der Waals surface area contributed by atoms with Crippen molar-refractivity contribution in [2.24, 2.45) is 0 Å². The summed E-state index contributed by atoms with van der Waals surface area (Å²) < 4.78 is 36.5. The van der Waals surface area contributed by atoms with E-state index in [1.54, 1.807) is 31.4 Å². The number of sulfonamides is 1. The Hall–Kier alpha value is -1.84. The van der Waals surface area contributed by atoms with Crippen LogP contribution in [0.5, 0.6) is 11.5 Å². The van der Waals surface area contributed by atoms with Gasteiger partial charge in [-0.25, -0.2) is 8.42 Å². The van der Waals surface area contributed by atoms with Gasteiger partial charge in [0.2, 0.25) is 10.0 Å². The number of amides is 1. The SMILES string of the molecule is CCN1CCN(S(=O)(=O)CCNC(=O)COc2ccc(OC)cc2)CC1. The molecule has 1 aliphatic heterocycles. The molecule has 9 heteroatoms. The molecule has 1 fully saturated rings. The minimum Gasteiger partial charge on any atom is -0.497 e.